The van der Waals surface area contributed by atoms with Crippen LogP contribution in [0.4, 0.5) is 0 Å². The van der Waals surface area contributed by atoms with E-state index in [2.05, 4.69) is 0 Å². The highest BCUT2D eigenvalue weighted by Gasteiger charge is 2.32. The van der Waals surface area contributed by atoms with Crippen molar-refractivity contribution in [3.8, 4) is 0 Å². The van der Waals surface area contributed by atoms with E-state index in [9.17, 15) is 9.59 Å². The van der Waals surface area contributed by atoms with E-state index in [4.69, 9.17) is 16.3 Å². The monoisotopic (exact) mass is 334 g/mol. The molecule has 1 saturated heterocycles. The average molecular weight is 335 g/mol. The van der Waals surface area contributed by atoms with Crippen molar-refractivity contribution in [2.45, 2.75) is 25.3 Å². The Morgan fingerprint density at radius 2 is 2.17 bits per heavy atom. The first-order chi connectivity index (χ1) is 11.0. The van der Waals surface area contributed by atoms with Gasteiger partial charge in [-0.3, -0.25) is 9.59 Å². The molecule has 0 radical (unpaired) electrons. The summed E-state index contributed by atoms with van der Waals surface area (Å²) in [5.74, 6) is -0.333. The molecule has 1 aromatic heterocycles. The average Bonchev–Trinajstić information content (AvgIpc) is 3.11. The molecule has 2 aromatic rings. The number of aromatic nitrogens is 1. The first-order valence-electron chi connectivity index (χ1n) is 7.63. The molecule has 1 aliphatic rings. The smallest absolute Gasteiger partial charge is 0.307 e. The normalized spacial score (nSPS) is 17.7. The summed E-state index contributed by atoms with van der Waals surface area (Å²) < 4.78 is 6.66. The quantitative estimate of drug-likeness (QED) is 0.811. The molecule has 122 valence electrons. The molecule has 6 heteroatoms. The van der Waals surface area contributed by atoms with E-state index in [-0.39, 0.29) is 24.3 Å². The van der Waals surface area contributed by atoms with Crippen LogP contribution in [-0.2, 0) is 16.6 Å². The van der Waals surface area contributed by atoms with Crippen LogP contribution < -0.4 is 0 Å². The number of hydrogen-bond acceptors (Lipinski definition) is 3. The number of aryl methyl sites for hydroxylation is 1. The van der Waals surface area contributed by atoms with Gasteiger partial charge in [-0.2, -0.15) is 0 Å². The fourth-order valence-corrected chi connectivity index (χ4v) is 3.45. The Hall–Kier alpha value is -2.01. The van der Waals surface area contributed by atoms with E-state index >= 15 is 0 Å². The van der Waals surface area contributed by atoms with Gasteiger partial charge in [0.1, 0.15) is 0 Å². The Bertz CT molecular complexity index is 769. The lowest BCUT2D eigenvalue weighted by molar-refractivity contribution is -0.141. The molecule has 1 fully saturated rings. The van der Waals surface area contributed by atoms with Gasteiger partial charge in [0, 0.05) is 41.8 Å². The number of carbonyl (C=O) groups excluding carboxylic acids is 2. The number of ether oxygens (including phenoxy) is 1. The lowest BCUT2D eigenvalue weighted by atomic mass is 10.1. The standard InChI is InChI=1S/C17H19ClN2O3/c1-19-10-14(13-8-11(18)5-6-15(13)19)17(22)20-7-3-4-12(20)9-16(21)23-2/h5-6,8,10,12H,3-4,7,9H2,1-2H3. The predicted molar refractivity (Wildman–Crippen MR) is 88.6 cm³/mol. The van der Waals surface area contributed by atoms with Gasteiger partial charge in [-0.25, -0.2) is 0 Å². The second-order valence-electron chi connectivity index (χ2n) is 5.89. The zero-order valence-electron chi connectivity index (χ0n) is 13.2. The maximum Gasteiger partial charge on any atom is 0.307 e. The summed E-state index contributed by atoms with van der Waals surface area (Å²) in [6, 6.07) is 5.44. The molecule has 1 unspecified atom stereocenters. The van der Waals surface area contributed by atoms with E-state index in [1.54, 1.807) is 4.90 Å². The SMILES string of the molecule is COC(=O)CC1CCCN1C(=O)c1cn(C)c2ccc(Cl)cc12. The van der Waals surface area contributed by atoms with Crippen LogP contribution in [-0.4, -0.2) is 41.0 Å². The molecule has 0 bridgehead atoms. The molecule has 1 atom stereocenters. The van der Waals surface area contributed by atoms with Gasteiger partial charge in [-0.05, 0) is 31.0 Å². The van der Waals surface area contributed by atoms with Crippen LogP contribution in [0, 0.1) is 0 Å². The number of methoxy groups -OCH3 is 1. The van der Waals surface area contributed by atoms with Crippen molar-refractivity contribution in [3.63, 3.8) is 0 Å². The van der Waals surface area contributed by atoms with Crippen molar-refractivity contribution in [2.75, 3.05) is 13.7 Å². The highest BCUT2D eigenvalue weighted by Crippen LogP contribution is 2.29. The van der Waals surface area contributed by atoms with Gasteiger partial charge in [-0.15, -0.1) is 0 Å². The van der Waals surface area contributed by atoms with Gasteiger partial charge < -0.3 is 14.2 Å². The first-order valence-corrected chi connectivity index (χ1v) is 8.01. The molecule has 2 heterocycles. The topological polar surface area (TPSA) is 51.5 Å². The van der Waals surface area contributed by atoms with Gasteiger partial charge in [-0.1, -0.05) is 11.6 Å². The van der Waals surface area contributed by atoms with E-state index in [0.717, 1.165) is 23.7 Å². The zero-order chi connectivity index (χ0) is 16.6. The predicted octanol–water partition coefficient (Wildman–Crippen LogP) is 3.00. The number of amides is 1. The Labute approximate surface area is 139 Å². The summed E-state index contributed by atoms with van der Waals surface area (Å²) in [5.41, 5.74) is 1.59. The van der Waals surface area contributed by atoms with Gasteiger partial charge >= 0.3 is 5.97 Å². The molecule has 0 aliphatic carbocycles. The molecule has 0 N–H and O–H groups in total. The van der Waals surface area contributed by atoms with Crippen molar-refractivity contribution in [3.05, 3.63) is 35.0 Å². The lowest BCUT2D eigenvalue weighted by Gasteiger charge is -2.23. The van der Waals surface area contributed by atoms with Crippen LogP contribution >= 0.6 is 11.6 Å². The number of nitrogens with zero attached hydrogens (tertiary/aromatic N) is 2. The Morgan fingerprint density at radius 3 is 2.91 bits per heavy atom. The number of halogens is 1. The minimum atomic E-state index is -0.282. The Balaban J connectivity index is 1.93. The van der Waals surface area contributed by atoms with Crippen molar-refractivity contribution < 1.29 is 14.3 Å². The van der Waals surface area contributed by atoms with E-state index in [1.165, 1.54) is 7.11 Å². The zero-order valence-corrected chi connectivity index (χ0v) is 14.0. The third kappa shape index (κ3) is 2.93. The molecule has 5 nitrogen and oxygen atoms in total. The summed E-state index contributed by atoms with van der Waals surface area (Å²) >= 11 is 6.09. The van der Waals surface area contributed by atoms with Crippen molar-refractivity contribution >= 4 is 34.4 Å². The fourth-order valence-electron chi connectivity index (χ4n) is 3.28. The summed E-state index contributed by atoms with van der Waals surface area (Å²) in [6.45, 7) is 0.664. The molecular weight excluding hydrogens is 316 g/mol. The van der Waals surface area contributed by atoms with E-state index in [0.29, 0.717) is 17.1 Å². The van der Waals surface area contributed by atoms with Crippen molar-refractivity contribution in [2.24, 2.45) is 7.05 Å². The third-order valence-corrected chi connectivity index (χ3v) is 4.68. The van der Waals surface area contributed by atoms with E-state index in [1.807, 2.05) is 36.0 Å². The molecule has 0 saturated carbocycles. The Kier molecular flexibility index (Phi) is 4.31. The number of rotatable bonds is 3. The van der Waals surface area contributed by atoms with Crippen LogP contribution in [0.5, 0.6) is 0 Å². The highest BCUT2D eigenvalue weighted by molar-refractivity contribution is 6.31. The summed E-state index contributed by atoms with van der Waals surface area (Å²) in [6.07, 6.45) is 3.80. The van der Waals surface area contributed by atoms with Gasteiger partial charge in [0.15, 0.2) is 0 Å². The molecule has 23 heavy (non-hydrogen) atoms. The number of fused-ring (bicyclic) bond motifs is 1. The van der Waals surface area contributed by atoms with Crippen molar-refractivity contribution in [1.29, 1.82) is 0 Å². The summed E-state index contributed by atoms with van der Waals surface area (Å²) in [7, 11) is 3.28. The molecule has 3 rings (SSSR count). The van der Waals surface area contributed by atoms with Gasteiger partial charge in [0.05, 0.1) is 19.1 Å². The van der Waals surface area contributed by atoms with Gasteiger partial charge in [0.25, 0.3) is 5.91 Å². The van der Waals surface area contributed by atoms with Crippen LogP contribution in [0.3, 0.4) is 0 Å². The largest absolute Gasteiger partial charge is 0.469 e. The van der Waals surface area contributed by atoms with E-state index < -0.39 is 0 Å². The fraction of sp³-hybridized carbons (Fsp3) is 0.412. The first kappa shape index (κ1) is 15.9. The molecule has 0 spiro atoms. The number of carbonyl (C=O) groups is 2. The molecule has 1 aliphatic heterocycles. The second-order valence-corrected chi connectivity index (χ2v) is 6.33. The minimum Gasteiger partial charge on any atom is -0.469 e. The van der Waals surface area contributed by atoms with Crippen LogP contribution in [0.2, 0.25) is 5.02 Å². The molecular formula is C17H19ClN2O3. The molecule has 1 aromatic carbocycles. The summed E-state index contributed by atoms with van der Waals surface area (Å²) in [4.78, 5) is 26.3. The minimum absolute atomic E-state index is 0.0516. The second kappa shape index (κ2) is 6.24. The maximum absolute atomic E-state index is 13.0. The number of hydrogen-bond donors (Lipinski definition) is 0. The van der Waals surface area contributed by atoms with Crippen LogP contribution in [0.1, 0.15) is 29.6 Å². The number of likely N-dealkylation sites (tertiary alicyclic amines) is 1. The Morgan fingerprint density at radius 1 is 1.39 bits per heavy atom. The van der Waals surface area contributed by atoms with Gasteiger partial charge in [0.2, 0.25) is 0 Å². The maximum atomic E-state index is 13.0. The van der Waals surface area contributed by atoms with Crippen molar-refractivity contribution in [1.82, 2.24) is 9.47 Å². The highest BCUT2D eigenvalue weighted by atomic mass is 35.5. The number of benzene rings is 1. The third-order valence-electron chi connectivity index (χ3n) is 4.45. The summed E-state index contributed by atoms with van der Waals surface area (Å²) in [5, 5.41) is 1.44. The molecule has 1 amide bonds. The lowest BCUT2D eigenvalue weighted by Crippen LogP contribution is -2.37. The van der Waals surface area contributed by atoms with Crippen LogP contribution in [0.15, 0.2) is 24.4 Å². The van der Waals surface area contributed by atoms with Crippen LogP contribution in [0.25, 0.3) is 10.9 Å². The number of esters is 1.